The Hall–Kier alpha value is -0.770. The third kappa shape index (κ3) is 4.19. The van der Waals surface area contributed by atoms with Crippen molar-refractivity contribution in [2.24, 2.45) is 0 Å². The van der Waals surface area contributed by atoms with Crippen molar-refractivity contribution in [1.82, 2.24) is 4.98 Å². The molecule has 0 aliphatic heterocycles. The Bertz CT molecular complexity index is 342. The molecule has 1 aromatic heterocycles. The topological polar surface area (TPSA) is 25.4 Å². The highest BCUT2D eigenvalue weighted by Crippen LogP contribution is 2.27. The second-order valence-corrected chi connectivity index (χ2v) is 5.26. The van der Waals surface area contributed by atoms with Gasteiger partial charge in [0.1, 0.15) is 0 Å². The first kappa shape index (κ1) is 14.3. The van der Waals surface area contributed by atoms with Gasteiger partial charge >= 0.3 is 0 Å². The van der Waals surface area contributed by atoms with Gasteiger partial charge in [0.05, 0.1) is 6.10 Å². The molecule has 17 heavy (non-hydrogen) atoms. The third-order valence-electron chi connectivity index (χ3n) is 2.33. The monoisotopic (exact) mass is 300 g/mol. The predicted molar refractivity (Wildman–Crippen MR) is 76.3 cm³/mol. The van der Waals surface area contributed by atoms with Crippen LogP contribution in [0, 0.1) is 0 Å². The summed E-state index contributed by atoms with van der Waals surface area (Å²) in [6.07, 6.45) is 1.97. The molecule has 0 amide bonds. The lowest BCUT2D eigenvalue weighted by atomic mass is 10.3. The predicted octanol–water partition coefficient (Wildman–Crippen LogP) is 3.48. The number of halogens is 1. The molecule has 3 nitrogen and oxygen atoms in total. The van der Waals surface area contributed by atoms with E-state index in [4.69, 9.17) is 4.74 Å². The van der Waals surface area contributed by atoms with E-state index in [9.17, 15) is 0 Å². The highest BCUT2D eigenvalue weighted by molar-refractivity contribution is 9.09. The van der Waals surface area contributed by atoms with E-state index in [1.165, 1.54) is 0 Å². The maximum absolute atomic E-state index is 5.80. The van der Waals surface area contributed by atoms with E-state index in [2.05, 4.69) is 39.7 Å². The Morgan fingerprint density at radius 1 is 1.35 bits per heavy atom. The van der Waals surface area contributed by atoms with Gasteiger partial charge in [-0.1, -0.05) is 15.9 Å². The fraction of sp³-hybridized carbons (Fsp3) is 0.615. The summed E-state index contributed by atoms with van der Waals surface area (Å²) in [5.41, 5.74) is 0. The zero-order valence-electron chi connectivity index (χ0n) is 11.0. The first-order chi connectivity index (χ1) is 8.06. The van der Waals surface area contributed by atoms with Crippen molar-refractivity contribution < 1.29 is 4.74 Å². The van der Waals surface area contributed by atoms with Crippen molar-refractivity contribution in [2.45, 2.75) is 39.8 Å². The van der Waals surface area contributed by atoms with Gasteiger partial charge < -0.3 is 9.64 Å². The molecule has 96 valence electrons. The standard InChI is InChI=1S/C13H21BrN2O/c1-10(2)16(9-7-14)13-12(17-11(3)4)6-5-8-15-13/h5-6,8,10-11H,7,9H2,1-4H3. The molecule has 1 heterocycles. The van der Waals surface area contributed by atoms with Crippen LogP contribution in [0.15, 0.2) is 18.3 Å². The van der Waals surface area contributed by atoms with Gasteiger partial charge in [-0.05, 0) is 39.8 Å². The summed E-state index contributed by atoms with van der Waals surface area (Å²) in [5.74, 6) is 1.79. The van der Waals surface area contributed by atoms with Crippen molar-refractivity contribution in [3.05, 3.63) is 18.3 Å². The molecule has 0 aliphatic rings. The van der Waals surface area contributed by atoms with Crippen molar-refractivity contribution >= 4 is 21.7 Å². The molecule has 0 radical (unpaired) electrons. The first-order valence-corrected chi connectivity index (χ1v) is 7.12. The number of hydrogen-bond donors (Lipinski definition) is 0. The van der Waals surface area contributed by atoms with E-state index in [0.29, 0.717) is 6.04 Å². The fourth-order valence-corrected chi connectivity index (χ4v) is 2.03. The SMILES string of the molecule is CC(C)Oc1cccnc1N(CCBr)C(C)C. The lowest BCUT2D eigenvalue weighted by Gasteiger charge is -2.29. The number of ether oxygens (including phenoxy) is 1. The van der Waals surface area contributed by atoms with Gasteiger partial charge in [-0.25, -0.2) is 4.98 Å². The van der Waals surface area contributed by atoms with Gasteiger partial charge in [-0.15, -0.1) is 0 Å². The molecule has 0 aromatic carbocycles. The Kier molecular flexibility index (Phi) is 5.75. The van der Waals surface area contributed by atoms with E-state index in [1.54, 1.807) is 0 Å². The van der Waals surface area contributed by atoms with Gasteiger partial charge in [0, 0.05) is 24.1 Å². The molecule has 0 fully saturated rings. The Morgan fingerprint density at radius 3 is 2.59 bits per heavy atom. The number of pyridine rings is 1. The molecule has 0 saturated heterocycles. The molecule has 0 saturated carbocycles. The van der Waals surface area contributed by atoms with Crippen LogP contribution in [-0.4, -0.2) is 29.0 Å². The van der Waals surface area contributed by atoms with Crippen LogP contribution in [0.2, 0.25) is 0 Å². The minimum absolute atomic E-state index is 0.163. The van der Waals surface area contributed by atoms with Gasteiger partial charge in [0.15, 0.2) is 11.6 Å². The third-order valence-corrected chi connectivity index (χ3v) is 2.69. The quantitative estimate of drug-likeness (QED) is 0.752. The van der Waals surface area contributed by atoms with Crippen LogP contribution in [0.4, 0.5) is 5.82 Å². The summed E-state index contributed by atoms with van der Waals surface area (Å²) >= 11 is 3.48. The second-order valence-electron chi connectivity index (χ2n) is 4.47. The number of rotatable bonds is 6. The minimum Gasteiger partial charge on any atom is -0.487 e. The minimum atomic E-state index is 0.163. The molecular weight excluding hydrogens is 280 g/mol. The normalized spacial score (nSPS) is 11.0. The van der Waals surface area contributed by atoms with Crippen LogP contribution in [-0.2, 0) is 0 Å². The fourth-order valence-electron chi connectivity index (χ4n) is 1.64. The van der Waals surface area contributed by atoms with Crippen LogP contribution in [0.25, 0.3) is 0 Å². The Morgan fingerprint density at radius 2 is 2.06 bits per heavy atom. The molecule has 0 unspecified atom stereocenters. The average molecular weight is 301 g/mol. The number of anilines is 1. The molecule has 0 atom stereocenters. The van der Waals surface area contributed by atoms with Crippen LogP contribution >= 0.6 is 15.9 Å². The summed E-state index contributed by atoms with van der Waals surface area (Å²) in [6.45, 7) is 9.30. The van der Waals surface area contributed by atoms with Gasteiger partial charge in [0.2, 0.25) is 0 Å². The van der Waals surface area contributed by atoms with Gasteiger partial charge in [0.25, 0.3) is 0 Å². The van der Waals surface area contributed by atoms with Crippen molar-refractivity contribution in [1.29, 1.82) is 0 Å². The number of alkyl halides is 1. The lowest BCUT2D eigenvalue weighted by molar-refractivity contribution is 0.241. The van der Waals surface area contributed by atoms with Crippen LogP contribution < -0.4 is 9.64 Å². The van der Waals surface area contributed by atoms with E-state index in [1.807, 2.05) is 32.2 Å². The zero-order chi connectivity index (χ0) is 12.8. The summed E-state index contributed by atoms with van der Waals surface area (Å²) in [7, 11) is 0. The van der Waals surface area contributed by atoms with Crippen molar-refractivity contribution in [3.8, 4) is 5.75 Å². The number of aromatic nitrogens is 1. The Balaban J connectivity index is 3.00. The van der Waals surface area contributed by atoms with Gasteiger partial charge in [-0.3, -0.25) is 0 Å². The van der Waals surface area contributed by atoms with Gasteiger partial charge in [-0.2, -0.15) is 0 Å². The van der Waals surface area contributed by atoms with Crippen LogP contribution in [0.3, 0.4) is 0 Å². The molecular formula is C13H21BrN2O. The van der Waals surface area contributed by atoms with E-state index < -0.39 is 0 Å². The molecule has 4 heteroatoms. The van der Waals surface area contributed by atoms with Crippen molar-refractivity contribution in [2.75, 3.05) is 16.8 Å². The maximum Gasteiger partial charge on any atom is 0.171 e. The smallest absolute Gasteiger partial charge is 0.171 e. The van der Waals surface area contributed by atoms with Crippen LogP contribution in [0.1, 0.15) is 27.7 Å². The number of hydrogen-bond acceptors (Lipinski definition) is 3. The molecule has 0 aliphatic carbocycles. The molecule has 0 spiro atoms. The molecule has 1 rings (SSSR count). The summed E-state index contributed by atoms with van der Waals surface area (Å²) in [6, 6.07) is 4.29. The summed E-state index contributed by atoms with van der Waals surface area (Å²) in [4.78, 5) is 6.69. The van der Waals surface area contributed by atoms with Crippen LogP contribution in [0.5, 0.6) is 5.75 Å². The first-order valence-electron chi connectivity index (χ1n) is 6.00. The highest BCUT2D eigenvalue weighted by Gasteiger charge is 2.16. The van der Waals surface area contributed by atoms with E-state index in [0.717, 1.165) is 23.4 Å². The summed E-state index contributed by atoms with van der Waals surface area (Å²) < 4.78 is 5.80. The summed E-state index contributed by atoms with van der Waals surface area (Å²) in [5, 5.41) is 0.920. The van der Waals surface area contributed by atoms with E-state index in [-0.39, 0.29) is 6.10 Å². The molecule has 0 N–H and O–H groups in total. The second kappa shape index (κ2) is 6.84. The highest BCUT2D eigenvalue weighted by atomic mass is 79.9. The lowest BCUT2D eigenvalue weighted by Crippen LogP contribution is -2.33. The largest absolute Gasteiger partial charge is 0.487 e. The molecule has 1 aromatic rings. The Labute approximate surface area is 112 Å². The number of nitrogens with zero attached hydrogens (tertiary/aromatic N) is 2. The zero-order valence-corrected chi connectivity index (χ0v) is 12.6. The van der Waals surface area contributed by atoms with E-state index >= 15 is 0 Å². The van der Waals surface area contributed by atoms with Crippen molar-refractivity contribution in [3.63, 3.8) is 0 Å². The average Bonchev–Trinajstić information content (AvgIpc) is 2.26. The maximum atomic E-state index is 5.80. The molecule has 0 bridgehead atoms.